The number of benzene rings is 2. The van der Waals surface area contributed by atoms with Crippen molar-refractivity contribution in [3.8, 4) is 11.3 Å². The van der Waals surface area contributed by atoms with E-state index in [0.29, 0.717) is 5.69 Å². The SMILES string of the molecule is Cc1ccccc1NC(=O)c1ccc(-c2cccc(C(F)(F)F)c2)o1. The molecule has 3 nitrogen and oxygen atoms in total. The van der Waals surface area contributed by atoms with Gasteiger partial charge in [-0.25, -0.2) is 0 Å². The quantitative estimate of drug-likeness (QED) is 0.678. The topological polar surface area (TPSA) is 42.2 Å². The van der Waals surface area contributed by atoms with Crippen LogP contribution in [0.15, 0.2) is 65.1 Å². The Morgan fingerprint density at radius 1 is 1.00 bits per heavy atom. The fraction of sp³-hybridized carbons (Fsp3) is 0.105. The first-order valence-corrected chi connectivity index (χ1v) is 7.49. The second kappa shape index (κ2) is 6.47. The number of nitrogens with one attached hydrogen (secondary N) is 1. The van der Waals surface area contributed by atoms with Crippen molar-refractivity contribution in [3.05, 3.63) is 77.6 Å². The Labute approximate surface area is 142 Å². The lowest BCUT2D eigenvalue weighted by Crippen LogP contribution is -2.11. The lowest BCUT2D eigenvalue weighted by molar-refractivity contribution is -0.137. The van der Waals surface area contributed by atoms with Gasteiger partial charge in [0, 0.05) is 11.3 Å². The number of amides is 1. The number of hydrogen-bond acceptors (Lipinski definition) is 2. The van der Waals surface area contributed by atoms with Gasteiger partial charge in [0.25, 0.3) is 5.91 Å². The van der Waals surface area contributed by atoms with E-state index in [1.807, 2.05) is 19.1 Å². The van der Waals surface area contributed by atoms with E-state index in [4.69, 9.17) is 4.42 Å². The summed E-state index contributed by atoms with van der Waals surface area (Å²) in [6.45, 7) is 1.85. The van der Waals surface area contributed by atoms with Gasteiger partial charge in [0.05, 0.1) is 5.56 Å². The maximum atomic E-state index is 12.8. The Kier molecular flexibility index (Phi) is 4.35. The number of carbonyl (C=O) groups excluding carboxylic acids is 1. The third-order valence-electron chi connectivity index (χ3n) is 3.70. The molecule has 0 aliphatic heterocycles. The molecule has 6 heteroatoms. The van der Waals surface area contributed by atoms with Gasteiger partial charge >= 0.3 is 6.18 Å². The van der Waals surface area contributed by atoms with Crippen molar-refractivity contribution in [2.45, 2.75) is 13.1 Å². The summed E-state index contributed by atoms with van der Waals surface area (Å²) in [7, 11) is 0. The van der Waals surface area contributed by atoms with E-state index in [1.54, 1.807) is 12.1 Å². The van der Waals surface area contributed by atoms with Crippen molar-refractivity contribution in [1.29, 1.82) is 0 Å². The van der Waals surface area contributed by atoms with Gasteiger partial charge in [0.15, 0.2) is 5.76 Å². The number of aryl methyl sites for hydroxylation is 1. The zero-order valence-corrected chi connectivity index (χ0v) is 13.2. The number of carbonyl (C=O) groups is 1. The third-order valence-corrected chi connectivity index (χ3v) is 3.70. The van der Waals surface area contributed by atoms with E-state index in [-0.39, 0.29) is 17.1 Å². The van der Waals surface area contributed by atoms with Crippen molar-refractivity contribution in [2.24, 2.45) is 0 Å². The summed E-state index contributed by atoms with van der Waals surface area (Å²) in [4.78, 5) is 12.3. The van der Waals surface area contributed by atoms with Crippen molar-refractivity contribution < 1.29 is 22.4 Å². The largest absolute Gasteiger partial charge is 0.451 e. The van der Waals surface area contributed by atoms with E-state index in [9.17, 15) is 18.0 Å². The van der Waals surface area contributed by atoms with Gasteiger partial charge in [-0.2, -0.15) is 13.2 Å². The summed E-state index contributed by atoms with van der Waals surface area (Å²) in [5.74, 6) is -0.246. The fourth-order valence-electron chi connectivity index (χ4n) is 2.36. The maximum absolute atomic E-state index is 12.8. The Hall–Kier alpha value is -3.02. The first-order valence-electron chi connectivity index (χ1n) is 7.49. The predicted molar refractivity (Wildman–Crippen MR) is 88.3 cm³/mol. The summed E-state index contributed by atoms with van der Waals surface area (Å²) in [5.41, 5.74) is 1.02. The number of anilines is 1. The molecule has 1 N–H and O–H groups in total. The predicted octanol–water partition coefficient (Wildman–Crippen LogP) is 5.53. The molecule has 0 saturated carbocycles. The summed E-state index contributed by atoms with van der Waals surface area (Å²) in [6.07, 6.45) is -4.44. The van der Waals surface area contributed by atoms with Gasteiger partial charge in [-0.3, -0.25) is 4.79 Å². The molecule has 128 valence electrons. The van der Waals surface area contributed by atoms with Crippen LogP contribution in [0.2, 0.25) is 0 Å². The molecule has 0 fully saturated rings. The molecule has 0 aliphatic carbocycles. The highest BCUT2D eigenvalue weighted by Gasteiger charge is 2.30. The number of halogens is 3. The van der Waals surface area contributed by atoms with E-state index in [2.05, 4.69) is 5.32 Å². The lowest BCUT2D eigenvalue weighted by atomic mass is 10.1. The first kappa shape index (κ1) is 16.8. The van der Waals surface area contributed by atoms with Crippen molar-refractivity contribution in [3.63, 3.8) is 0 Å². The second-order valence-electron chi connectivity index (χ2n) is 5.51. The molecule has 0 aliphatic rings. The van der Waals surface area contributed by atoms with Crippen LogP contribution in [0, 0.1) is 6.92 Å². The number of hydrogen-bond donors (Lipinski definition) is 1. The number of para-hydroxylation sites is 1. The summed E-state index contributed by atoms with van der Waals surface area (Å²) < 4.78 is 43.8. The molecule has 2 aromatic carbocycles. The van der Waals surface area contributed by atoms with E-state index in [0.717, 1.165) is 17.7 Å². The number of rotatable bonds is 3. The molecular weight excluding hydrogens is 331 g/mol. The summed E-state index contributed by atoms with van der Waals surface area (Å²) in [5, 5.41) is 2.71. The molecule has 1 amide bonds. The number of alkyl halides is 3. The van der Waals surface area contributed by atoms with Gasteiger partial charge in [0.1, 0.15) is 5.76 Å². The van der Waals surface area contributed by atoms with Crippen LogP contribution in [0.25, 0.3) is 11.3 Å². The van der Waals surface area contributed by atoms with Gasteiger partial charge in [0.2, 0.25) is 0 Å². The molecule has 0 unspecified atom stereocenters. The van der Waals surface area contributed by atoms with Crippen molar-refractivity contribution >= 4 is 11.6 Å². The normalized spacial score (nSPS) is 11.4. The molecular formula is C19H14F3NO2. The average Bonchev–Trinajstić information content (AvgIpc) is 3.06. The monoisotopic (exact) mass is 345 g/mol. The molecule has 1 heterocycles. The molecule has 0 bridgehead atoms. The van der Waals surface area contributed by atoms with E-state index in [1.165, 1.54) is 24.3 Å². The van der Waals surface area contributed by atoms with Crippen molar-refractivity contribution in [2.75, 3.05) is 5.32 Å². The van der Waals surface area contributed by atoms with Crippen LogP contribution in [-0.4, -0.2) is 5.91 Å². The van der Waals surface area contributed by atoms with Crippen LogP contribution < -0.4 is 5.32 Å². The molecule has 3 rings (SSSR count). The Morgan fingerprint density at radius 2 is 1.76 bits per heavy atom. The molecule has 25 heavy (non-hydrogen) atoms. The minimum absolute atomic E-state index is 0.0238. The molecule has 0 spiro atoms. The Bertz CT molecular complexity index is 913. The van der Waals surface area contributed by atoms with E-state index >= 15 is 0 Å². The first-order chi connectivity index (χ1) is 11.8. The maximum Gasteiger partial charge on any atom is 0.416 e. The average molecular weight is 345 g/mol. The second-order valence-corrected chi connectivity index (χ2v) is 5.51. The minimum atomic E-state index is -4.44. The van der Waals surface area contributed by atoms with Gasteiger partial charge in [-0.1, -0.05) is 30.3 Å². The smallest absolute Gasteiger partial charge is 0.416 e. The molecule has 3 aromatic rings. The molecule has 0 saturated heterocycles. The fourth-order valence-corrected chi connectivity index (χ4v) is 2.36. The van der Waals surface area contributed by atoms with Crippen LogP contribution in [0.4, 0.5) is 18.9 Å². The summed E-state index contributed by atoms with van der Waals surface area (Å²) >= 11 is 0. The van der Waals surface area contributed by atoms with Crippen LogP contribution in [0.3, 0.4) is 0 Å². The van der Waals surface area contributed by atoms with Gasteiger partial charge in [-0.15, -0.1) is 0 Å². The highest BCUT2D eigenvalue weighted by atomic mass is 19.4. The Balaban J connectivity index is 1.83. The third kappa shape index (κ3) is 3.74. The number of furan rings is 1. The van der Waals surface area contributed by atoms with Crippen molar-refractivity contribution in [1.82, 2.24) is 0 Å². The van der Waals surface area contributed by atoms with Crippen LogP contribution in [0.1, 0.15) is 21.7 Å². The molecule has 1 aromatic heterocycles. The molecule has 0 radical (unpaired) electrons. The van der Waals surface area contributed by atoms with Gasteiger partial charge < -0.3 is 9.73 Å². The van der Waals surface area contributed by atoms with Crippen LogP contribution >= 0.6 is 0 Å². The Morgan fingerprint density at radius 3 is 2.48 bits per heavy atom. The van der Waals surface area contributed by atoms with Crippen LogP contribution in [-0.2, 0) is 6.18 Å². The molecule has 0 atom stereocenters. The van der Waals surface area contributed by atoms with Gasteiger partial charge in [-0.05, 0) is 42.8 Å². The van der Waals surface area contributed by atoms with Crippen LogP contribution in [0.5, 0.6) is 0 Å². The zero-order valence-electron chi connectivity index (χ0n) is 13.2. The minimum Gasteiger partial charge on any atom is -0.451 e. The summed E-state index contributed by atoms with van der Waals surface area (Å²) in [6, 6.07) is 14.9. The standard InChI is InChI=1S/C19H14F3NO2/c1-12-5-2-3-8-15(12)23-18(24)17-10-9-16(25-17)13-6-4-7-14(11-13)19(20,21)22/h2-11H,1H3,(H,23,24). The zero-order chi connectivity index (χ0) is 18.0. The lowest BCUT2D eigenvalue weighted by Gasteiger charge is -2.07. The highest BCUT2D eigenvalue weighted by Crippen LogP contribution is 2.32. The highest BCUT2D eigenvalue weighted by molar-refractivity contribution is 6.03. The van der Waals surface area contributed by atoms with E-state index < -0.39 is 17.6 Å².